The first-order chi connectivity index (χ1) is 8.56. The molecule has 0 aliphatic carbocycles. The molecular formula is C12H13BrFNO3. The Bertz CT molecular complexity index is 481. The molecule has 6 heteroatoms. The van der Waals surface area contributed by atoms with Crippen molar-refractivity contribution in [2.75, 3.05) is 18.6 Å². The quantitative estimate of drug-likeness (QED) is 0.858. The minimum absolute atomic E-state index is 0.158. The summed E-state index contributed by atoms with van der Waals surface area (Å²) < 4.78 is 24.2. The first kappa shape index (κ1) is 13.1. The van der Waals surface area contributed by atoms with Crippen LogP contribution < -0.4 is 9.64 Å². The number of anilines is 1. The van der Waals surface area contributed by atoms with Crippen molar-refractivity contribution in [2.45, 2.75) is 19.4 Å². The summed E-state index contributed by atoms with van der Waals surface area (Å²) in [5.74, 6) is -0.0180. The summed E-state index contributed by atoms with van der Waals surface area (Å²) in [4.78, 5) is 13.1. The number of nitrogens with zero attached hydrogens (tertiary/aromatic N) is 1. The van der Waals surface area contributed by atoms with Gasteiger partial charge in [0.25, 0.3) is 0 Å². The fraction of sp³-hybridized carbons (Fsp3) is 0.417. The van der Waals surface area contributed by atoms with Crippen molar-refractivity contribution < 1.29 is 18.7 Å². The third-order valence-electron chi connectivity index (χ3n) is 2.84. The lowest BCUT2D eigenvalue weighted by molar-refractivity contribution is 0.139. The minimum Gasteiger partial charge on any atom is -0.495 e. The third kappa shape index (κ3) is 2.29. The molecule has 2 rings (SSSR count). The molecule has 1 aliphatic rings. The van der Waals surface area contributed by atoms with Crippen molar-refractivity contribution in [3.05, 3.63) is 22.4 Å². The molecule has 1 fully saturated rings. The topological polar surface area (TPSA) is 38.8 Å². The summed E-state index contributed by atoms with van der Waals surface area (Å²) >= 11 is 3.08. The lowest BCUT2D eigenvalue weighted by Crippen LogP contribution is -2.25. The van der Waals surface area contributed by atoms with E-state index in [1.54, 1.807) is 0 Å². The largest absolute Gasteiger partial charge is 0.495 e. The first-order valence-electron chi connectivity index (χ1n) is 5.58. The number of rotatable bonds is 3. The van der Waals surface area contributed by atoms with Gasteiger partial charge in [0, 0.05) is 6.07 Å². The number of benzene rings is 1. The van der Waals surface area contributed by atoms with Crippen LogP contribution in [0.25, 0.3) is 0 Å². The predicted octanol–water partition coefficient (Wildman–Crippen LogP) is 3.33. The fourth-order valence-electron chi connectivity index (χ4n) is 1.82. The van der Waals surface area contributed by atoms with Crippen LogP contribution in [0.1, 0.15) is 13.3 Å². The van der Waals surface area contributed by atoms with E-state index in [0.29, 0.717) is 22.5 Å². The molecule has 18 heavy (non-hydrogen) atoms. The van der Waals surface area contributed by atoms with Gasteiger partial charge in [0.05, 0.1) is 23.8 Å². The maximum absolute atomic E-state index is 13.6. The summed E-state index contributed by atoms with van der Waals surface area (Å²) in [5, 5.41) is 0. The molecule has 0 spiro atoms. The molecule has 0 unspecified atom stereocenters. The van der Waals surface area contributed by atoms with E-state index in [1.807, 2.05) is 6.92 Å². The van der Waals surface area contributed by atoms with Gasteiger partial charge in [-0.1, -0.05) is 6.92 Å². The number of ether oxygens (including phenoxy) is 2. The molecule has 1 heterocycles. The average molecular weight is 318 g/mol. The molecule has 4 nitrogen and oxygen atoms in total. The number of methoxy groups -OCH3 is 1. The van der Waals surface area contributed by atoms with Crippen molar-refractivity contribution in [3.63, 3.8) is 0 Å². The molecule has 1 amide bonds. The van der Waals surface area contributed by atoms with Crippen LogP contribution in [0.15, 0.2) is 16.6 Å². The smallest absolute Gasteiger partial charge is 0.414 e. The van der Waals surface area contributed by atoms with Gasteiger partial charge in [-0.05, 0) is 28.4 Å². The van der Waals surface area contributed by atoms with Gasteiger partial charge in [-0.15, -0.1) is 0 Å². The summed E-state index contributed by atoms with van der Waals surface area (Å²) in [6.45, 7) is 2.34. The lowest BCUT2D eigenvalue weighted by atomic mass is 10.2. The van der Waals surface area contributed by atoms with Crippen LogP contribution in [0.2, 0.25) is 0 Å². The Hall–Kier alpha value is -1.30. The van der Waals surface area contributed by atoms with E-state index in [0.717, 1.165) is 6.42 Å². The van der Waals surface area contributed by atoms with Crippen LogP contribution in [0, 0.1) is 5.82 Å². The second-order valence-electron chi connectivity index (χ2n) is 3.96. The van der Waals surface area contributed by atoms with Gasteiger partial charge < -0.3 is 9.47 Å². The zero-order valence-corrected chi connectivity index (χ0v) is 11.7. The van der Waals surface area contributed by atoms with E-state index in [4.69, 9.17) is 9.47 Å². The molecule has 1 aromatic rings. The predicted molar refractivity (Wildman–Crippen MR) is 68.6 cm³/mol. The summed E-state index contributed by atoms with van der Waals surface area (Å²) in [7, 11) is 1.47. The van der Waals surface area contributed by atoms with Crippen LogP contribution in [0.5, 0.6) is 5.75 Å². The van der Waals surface area contributed by atoms with E-state index in [1.165, 1.54) is 24.1 Å². The maximum Gasteiger partial charge on any atom is 0.414 e. The molecule has 1 saturated heterocycles. The molecule has 0 N–H and O–H groups in total. The van der Waals surface area contributed by atoms with Gasteiger partial charge >= 0.3 is 6.09 Å². The van der Waals surface area contributed by atoms with E-state index < -0.39 is 11.9 Å². The van der Waals surface area contributed by atoms with Crippen LogP contribution >= 0.6 is 15.9 Å². The Morgan fingerprint density at radius 1 is 1.61 bits per heavy atom. The Kier molecular flexibility index (Phi) is 3.75. The van der Waals surface area contributed by atoms with E-state index >= 15 is 0 Å². The monoisotopic (exact) mass is 317 g/mol. The van der Waals surface area contributed by atoms with Crippen molar-refractivity contribution in [1.82, 2.24) is 0 Å². The Morgan fingerprint density at radius 3 is 2.89 bits per heavy atom. The molecule has 98 valence electrons. The first-order valence-corrected chi connectivity index (χ1v) is 6.37. The van der Waals surface area contributed by atoms with E-state index in [-0.39, 0.29) is 6.10 Å². The second-order valence-corrected chi connectivity index (χ2v) is 4.82. The van der Waals surface area contributed by atoms with Gasteiger partial charge in [0.15, 0.2) is 0 Å². The van der Waals surface area contributed by atoms with E-state index in [9.17, 15) is 9.18 Å². The van der Waals surface area contributed by atoms with Gasteiger partial charge in [-0.3, -0.25) is 4.90 Å². The molecule has 0 radical (unpaired) electrons. The van der Waals surface area contributed by atoms with Crippen molar-refractivity contribution in [3.8, 4) is 5.75 Å². The minimum atomic E-state index is -0.470. The Balaban J connectivity index is 2.38. The molecular weight excluding hydrogens is 305 g/mol. The normalized spacial score (nSPS) is 19.0. The van der Waals surface area contributed by atoms with Crippen LogP contribution in [0.4, 0.5) is 14.9 Å². The number of amides is 1. The maximum atomic E-state index is 13.6. The number of halogens is 2. The van der Waals surface area contributed by atoms with Crippen molar-refractivity contribution >= 4 is 27.7 Å². The highest BCUT2D eigenvalue weighted by molar-refractivity contribution is 9.10. The third-order valence-corrected chi connectivity index (χ3v) is 3.45. The van der Waals surface area contributed by atoms with E-state index in [2.05, 4.69) is 15.9 Å². The molecule has 0 saturated carbocycles. The highest BCUT2D eigenvalue weighted by Gasteiger charge is 2.33. The standard InChI is InChI=1S/C12H13BrFNO3/c1-3-7-6-15(12(16)18-7)10-5-9(14)8(13)4-11(10)17-2/h4-5,7H,3,6H2,1-2H3/t7-/m0/s1. The molecule has 0 bridgehead atoms. The molecule has 1 atom stereocenters. The van der Waals surface area contributed by atoms with Gasteiger partial charge in [-0.25, -0.2) is 9.18 Å². The Morgan fingerprint density at radius 2 is 2.33 bits per heavy atom. The second kappa shape index (κ2) is 5.14. The van der Waals surface area contributed by atoms with Gasteiger partial charge in [0.1, 0.15) is 17.7 Å². The number of cyclic esters (lactones) is 1. The van der Waals surface area contributed by atoms with Crippen molar-refractivity contribution in [2.24, 2.45) is 0 Å². The highest BCUT2D eigenvalue weighted by Crippen LogP contribution is 2.35. The lowest BCUT2D eigenvalue weighted by Gasteiger charge is -2.17. The highest BCUT2D eigenvalue weighted by atomic mass is 79.9. The van der Waals surface area contributed by atoms with Crippen molar-refractivity contribution in [1.29, 1.82) is 0 Å². The summed E-state index contributed by atoms with van der Waals surface area (Å²) in [5.41, 5.74) is 0.388. The number of carbonyl (C=O) groups excluding carboxylic acids is 1. The molecule has 0 aromatic heterocycles. The van der Waals surface area contributed by atoms with Crippen LogP contribution in [0.3, 0.4) is 0 Å². The fourth-order valence-corrected chi connectivity index (χ4v) is 2.15. The molecule has 1 aromatic carbocycles. The van der Waals surface area contributed by atoms with Crippen LogP contribution in [-0.4, -0.2) is 25.9 Å². The van der Waals surface area contributed by atoms with Crippen LogP contribution in [-0.2, 0) is 4.74 Å². The SMILES string of the molecule is CC[C@H]1CN(c2cc(F)c(Br)cc2OC)C(=O)O1. The van der Waals surface area contributed by atoms with Gasteiger partial charge in [0.2, 0.25) is 0 Å². The zero-order valence-electron chi connectivity index (χ0n) is 10.1. The zero-order chi connectivity index (χ0) is 13.3. The number of carbonyl (C=O) groups is 1. The Labute approximate surface area is 113 Å². The summed E-state index contributed by atoms with van der Waals surface area (Å²) in [6, 6.07) is 2.76. The summed E-state index contributed by atoms with van der Waals surface area (Å²) in [6.07, 6.45) is 0.0969. The number of hydrogen-bond donors (Lipinski definition) is 0. The average Bonchev–Trinajstić information content (AvgIpc) is 2.73. The number of hydrogen-bond acceptors (Lipinski definition) is 3. The molecule has 1 aliphatic heterocycles. The van der Waals surface area contributed by atoms with Gasteiger partial charge in [-0.2, -0.15) is 0 Å².